The van der Waals surface area contributed by atoms with Gasteiger partial charge in [-0.3, -0.25) is 0 Å². The molecule has 2 atom stereocenters. The predicted octanol–water partition coefficient (Wildman–Crippen LogP) is 3.97. The second-order valence-electron chi connectivity index (χ2n) is 3.20. The van der Waals surface area contributed by atoms with Crippen LogP contribution in [-0.4, -0.2) is 0 Å². The van der Waals surface area contributed by atoms with Crippen molar-refractivity contribution in [2.75, 3.05) is 0 Å². The van der Waals surface area contributed by atoms with Crippen LogP contribution < -0.4 is 0 Å². The normalized spacial score (nSPS) is 16.9. The van der Waals surface area contributed by atoms with E-state index in [-0.39, 0.29) is 0 Å². The van der Waals surface area contributed by atoms with Crippen molar-refractivity contribution in [3.8, 4) is 0 Å². The Bertz CT molecular complexity index is 163. The van der Waals surface area contributed by atoms with Crippen LogP contribution in [-0.2, 0) is 0 Å². The maximum atomic E-state index is 3.67. The summed E-state index contributed by atoms with van der Waals surface area (Å²) in [6, 6.07) is 0. The molecule has 0 fully saturated rings. The van der Waals surface area contributed by atoms with Gasteiger partial charge < -0.3 is 0 Å². The van der Waals surface area contributed by atoms with Gasteiger partial charge in [-0.05, 0) is 25.2 Å². The lowest BCUT2D eigenvalue weighted by Crippen LogP contribution is -2.00. The van der Waals surface area contributed by atoms with Crippen LogP contribution in [0, 0.1) is 11.8 Å². The van der Waals surface area contributed by atoms with Gasteiger partial charge in [-0.25, -0.2) is 0 Å². The lowest BCUT2D eigenvalue weighted by Gasteiger charge is -2.10. The first-order chi connectivity index (χ1) is 5.72. The summed E-state index contributed by atoms with van der Waals surface area (Å²) in [7, 11) is 0. The van der Waals surface area contributed by atoms with Crippen LogP contribution in [0.5, 0.6) is 0 Å². The monoisotopic (exact) mass is 164 g/mol. The molecule has 0 aromatic heterocycles. The molecule has 0 aromatic carbocycles. The summed E-state index contributed by atoms with van der Waals surface area (Å²) in [6.45, 7) is 10.2. The maximum absolute atomic E-state index is 3.67. The molecule has 0 aliphatic heterocycles. The van der Waals surface area contributed by atoms with E-state index in [2.05, 4.69) is 51.7 Å². The van der Waals surface area contributed by atoms with Gasteiger partial charge in [0.1, 0.15) is 0 Å². The zero-order valence-corrected chi connectivity index (χ0v) is 8.46. The van der Waals surface area contributed by atoms with Crippen molar-refractivity contribution >= 4 is 0 Å². The molecule has 2 unspecified atom stereocenters. The van der Waals surface area contributed by atoms with Gasteiger partial charge in [0.2, 0.25) is 0 Å². The van der Waals surface area contributed by atoms with Gasteiger partial charge in [-0.2, -0.15) is 0 Å². The summed E-state index contributed by atoms with van der Waals surface area (Å²) in [5.41, 5.74) is 0. The molecule has 0 aliphatic rings. The summed E-state index contributed by atoms with van der Waals surface area (Å²) in [6.07, 6.45) is 11.7. The van der Waals surface area contributed by atoms with Gasteiger partial charge in [-0.1, -0.05) is 44.2 Å². The molecular weight excluding hydrogens is 144 g/mol. The molecule has 68 valence electrons. The van der Waals surface area contributed by atoms with Gasteiger partial charge in [0.25, 0.3) is 0 Å². The molecule has 0 heteroatoms. The van der Waals surface area contributed by atoms with Gasteiger partial charge in [-0.15, -0.1) is 6.58 Å². The Kier molecular flexibility index (Phi) is 6.45. The first kappa shape index (κ1) is 11.2. The van der Waals surface area contributed by atoms with E-state index < -0.39 is 0 Å². The van der Waals surface area contributed by atoms with Crippen molar-refractivity contribution in [1.82, 2.24) is 0 Å². The van der Waals surface area contributed by atoms with Crippen LogP contribution in [0.15, 0.2) is 37.0 Å². The minimum atomic E-state index is 0.626. The molecule has 0 rings (SSSR count). The second kappa shape index (κ2) is 6.90. The smallest absolute Gasteiger partial charge is 0.0172 e. The molecule has 12 heavy (non-hydrogen) atoms. The first-order valence-electron chi connectivity index (χ1n) is 4.62. The Balaban J connectivity index is 3.84. The van der Waals surface area contributed by atoms with Crippen LogP contribution in [0.4, 0.5) is 0 Å². The Morgan fingerprint density at radius 3 is 2.25 bits per heavy atom. The topological polar surface area (TPSA) is 0 Å². The van der Waals surface area contributed by atoms with E-state index in [4.69, 9.17) is 0 Å². The van der Waals surface area contributed by atoms with Crippen LogP contribution >= 0.6 is 0 Å². The Morgan fingerprint density at radius 1 is 1.17 bits per heavy atom. The SMILES string of the molecule is C=CCC=CC(C)C(C)C=CC. The lowest BCUT2D eigenvalue weighted by atomic mass is 9.95. The maximum Gasteiger partial charge on any atom is -0.0172 e. The summed E-state index contributed by atoms with van der Waals surface area (Å²) in [5.74, 6) is 1.26. The van der Waals surface area contributed by atoms with Crippen molar-refractivity contribution in [3.63, 3.8) is 0 Å². The van der Waals surface area contributed by atoms with E-state index in [1.807, 2.05) is 6.08 Å². The second-order valence-corrected chi connectivity index (χ2v) is 3.20. The van der Waals surface area contributed by atoms with Gasteiger partial charge in [0.05, 0.1) is 0 Å². The molecule has 0 aliphatic carbocycles. The van der Waals surface area contributed by atoms with E-state index in [1.54, 1.807) is 0 Å². The number of hydrogen-bond acceptors (Lipinski definition) is 0. The fourth-order valence-corrected chi connectivity index (χ4v) is 1.04. The highest BCUT2D eigenvalue weighted by Crippen LogP contribution is 2.13. The predicted molar refractivity (Wildman–Crippen MR) is 57.1 cm³/mol. The number of allylic oxidation sites excluding steroid dienone is 5. The fraction of sp³-hybridized carbons (Fsp3) is 0.500. The summed E-state index contributed by atoms with van der Waals surface area (Å²) >= 11 is 0. The van der Waals surface area contributed by atoms with Crippen LogP contribution in [0.3, 0.4) is 0 Å². The van der Waals surface area contributed by atoms with Gasteiger partial charge >= 0.3 is 0 Å². The van der Waals surface area contributed by atoms with Crippen molar-refractivity contribution in [1.29, 1.82) is 0 Å². The summed E-state index contributed by atoms with van der Waals surface area (Å²) < 4.78 is 0. The molecule has 0 heterocycles. The largest absolute Gasteiger partial charge is 0.103 e. The van der Waals surface area contributed by atoms with Gasteiger partial charge in [0.15, 0.2) is 0 Å². The minimum absolute atomic E-state index is 0.626. The third kappa shape index (κ3) is 4.95. The molecular formula is C12H20. The molecule has 0 saturated carbocycles. The highest BCUT2D eigenvalue weighted by Gasteiger charge is 2.03. The average Bonchev–Trinajstić information content (AvgIpc) is 2.05. The summed E-state index contributed by atoms with van der Waals surface area (Å²) in [4.78, 5) is 0. The minimum Gasteiger partial charge on any atom is -0.103 e. The molecule has 0 saturated heterocycles. The van der Waals surface area contributed by atoms with Crippen LogP contribution in [0.25, 0.3) is 0 Å². The first-order valence-corrected chi connectivity index (χ1v) is 4.62. The standard InChI is InChI=1S/C12H20/c1-5-7-8-10-12(4)11(3)9-6-2/h5-6,8-12H,1,7H2,2-4H3. The zero-order valence-electron chi connectivity index (χ0n) is 8.46. The molecule has 0 bridgehead atoms. The molecule has 0 radical (unpaired) electrons. The molecule has 0 aromatic rings. The van der Waals surface area contributed by atoms with Crippen molar-refractivity contribution in [3.05, 3.63) is 37.0 Å². The average molecular weight is 164 g/mol. The molecule has 0 N–H and O–H groups in total. The summed E-state index contributed by atoms with van der Waals surface area (Å²) in [5, 5.41) is 0. The third-order valence-electron chi connectivity index (χ3n) is 2.07. The van der Waals surface area contributed by atoms with E-state index in [9.17, 15) is 0 Å². The number of rotatable bonds is 5. The zero-order chi connectivity index (χ0) is 9.40. The van der Waals surface area contributed by atoms with Gasteiger partial charge in [0, 0.05) is 0 Å². The lowest BCUT2D eigenvalue weighted by molar-refractivity contribution is 0.557. The third-order valence-corrected chi connectivity index (χ3v) is 2.07. The van der Waals surface area contributed by atoms with Crippen LogP contribution in [0.1, 0.15) is 27.2 Å². The quantitative estimate of drug-likeness (QED) is 0.539. The highest BCUT2D eigenvalue weighted by molar-refractivity contribution is 4.97. The number of hydrogen-bond donors (Lipinski definition) is 0. The van der Waals surface area contributed by atoms with Crippen molar-refractivity contribution in [2.24, 2.45) is 11.8 Å². The fourth-order valence-electron chi connectivity index (χ4n) is 1.04. The molecule has 0 spiro atoms. The molecule has 0 amide bonds. The van der Waals surface area contributed by atoms with Crippen molar-refractivity contribution in [2.45, 2.75) is 27.2 Å². The highest BCUT2D eigenvalue weighted by atomic mass is 14.1. The van der Waals surface area contributed by atoms with E-state index >= 15 is 0 Å². The van der Waals surface area contributed by atoms with Crippen molar-refractivity contribution < 1.29 is 0 Å². The van der Waals surface area contributed by atoms with Crippen LogP contribution in [0.2, 0.25) is 0 Å². The van der Waals surface area contributed by atoms with E-state index in [0.29, 0.717) is 11.8 Å². The molecule has 0 nitrogen and oxygen atoms in total. The van der Waals surface area contributed by atoms with E-state index in [1.165, 1.54) is 0 Å². The Morgan fingerprint density at radius 2 is 1.75 bits per heavy atom. The Hall–Kier alpha value is -0.780. The van der Waals surface area contributed by atoms with E-state index in [0.717, 1.165) is 6.42 Å². The Labute approximate surface area is 76.7 Å².